The summed E-state index contributed by atoms with van der Waals surface area (Å²) in [6.45, 7) is 3.40. The van der Waals surface area contributed by atoms with Gasteiger partial charge in [0.1, 0.15) is 17.3 Å². The molecule has 0 spiro atoms. The molecule has 1 aromatic heterocycles. The van der Waals surface area contributed by atoms with Crippen LogP contribution in [0.3, 0.4) is 0 Å². The van der Waals surface area contributed by atoms with Gasteiger partial charge >= 0.3 is 0 Å². The minimum absolute atomic E-state index is 0.258. The van der Waals surface area contributed by atoms with Crippen LogP contribution in [0.5, 0.6) is 5.75 Å². The number of aromatic nitrogens is 2. The maximum atomic E-state index is 12.2. The van der Waals surface area contributed by atoms with Crippen molar-refractivity contribution in [3.8, 4) is 5.75 Å². The van der Waals surface area contributed by atoms with Crippen LogP contribution in [0.2, 0.25) is 0 Å². The van der Waals surface area contributed by atoms with E-state index in [2.05, 4.69) is 27.5 Å². The molecule has 2 N–H and O–H groups in total. The van der Waals surface area contributed by atoms with Gasteiger partial charge in [0.15, 0.2) is 0 Å². The highest BCUT2D eigenvalue weighted by atomic mass is 16.5. The lowest BCUT2D eigenvalue weighted by molar-refractivity contribution is 0.0945. The Bertz CT molecular complexity index is 644. The number of hydrogen-bond donors (Lipinski definition) is 2. The van der Waals surface area contributed by atoms with E-state index in [4.69, 9.17) is 4.74 Å². The summed E-state index contributed by atoms with van der Waals surface area (Å²) in [6, 6.07) is 7.57. The number of rotatable bonds is 9. The van der Waals surface area contributed by atoms with Crippen molar-refractivity contribution in [3.63, 3.8) is 0 Å². The average molecular weight is 328 g/mol. The standard InChI is InChI=1S/C18H24N4O2/c1-3-4-7-10-19-17-13-20-15(12-21-17)18(23)22-11-14-8-5-6-9-16(14)24-2/h5-6,8-9,12-13H,3-4,7,10-11H2,1-2H3,(H,19,21)(H,22,23). The molecule has 24 heavy (non-hydrogen) atoms. The fourth-order valence-electron chi connectivity index (χ4n) is 2.24. The number of amides is 1. The molecule has 2 aromatic rings. The highest BCUT2D eigenvalue weighted by Gasteiger charge is 2.09. The molecule has 1 amide bonds. The van der Waals surface area contributed by atoms with E-state index < -0.39 is 0 Å². The molecule has 0 fully saturated rings. The van der Waals surface area contributed by atoms with Crippen molar-refractivity contribution in [1.29, 1.82) is 0 Å². The van der Waals surface area contributed by atoms with Crippen LogP contribution in [0.1, 0.15) is 42.2 Å². The van der Waals surface area contributed by atoms with Crippen molar-refractivity contribution in [2.75, 3.05) is 19.0 Å². The SMILES string of the molecule is CCCCCNc1cnc(C(=O)NCc2ccccc2OC)cn1. The lowest BCUT2D eigenvalue weighted by Gasteiger charge is -2.09. The average Bonchev–Trinajstić information content (AvgIpc) is 2.64. The number of methoxy groups -OCH3 is 1. The normalized spacial score (nSPS) is 10.2. The van der Waals surface area contributed by atoms with Crippen LogP contribution in [0.15, 0.2) is 36.7 Å². The topological polar surface area (TPSA) is 76.1 Å². The summed E-state index contributed by atoms with van der Waals surface area (Å²) in [5, 5.41) is 6.02. The molecular weight excluding hydrogens is 304 g/mol. The quantitative estimate of drug-likeness (QED) is 0.692. The van der Waals surface area contributed by atoms with E-state index in [0.29, 0.717) is 18.1 Å². The van der Waals surface area contributed by atoms with E-state index in [0.717, 1.165) is 24.3 Å². The number of benzene rings is 1. The summed E-state index contributed by atoms with van der Waals surface area (Å²) in [5.74, 6) is 1.17. The van der Waals surface area contributed by atoms with E-state index >= 15 is 0 Å². The van der Waals surface area contributed by atoms with Gasteiger partial charge in [0.05, 0.1) is 19.5 Å². The molecule has 0 bridgehead atoms. The van der Waals surface area contributed by atoms with Crippen molar-refractivity contribution < 1.29 is 9.53 Å². The lowest BCUT2D eigenvalue weighted by atomic mass is 10.2. The molecule has 128 valence electrons. The molecule has 0 aliphatic rings. The molecule has 0 aliphatic carbocycles. The van der Waals surface area contributed by atoms with Gasteiger partial charge in [-0.15, -0.1) is 0 Å². The Kier molecular flexibility index (Phi) is 7.01. The van der Waals surface area contributed by atoms with E-state index in [9.17, 15) is 4.79 Å². The van der Waals surface area contributed by atoms with Gasteiger partial charge in [0.25, 0.3) is 5.91 Å². The minimum Gasteiger partial charge on any atom is -0.496 e. The first-order valence-electron chi connectivity index (χ1n) is 8.20. The fourth-order valence-corrected chi connectivity index (χ4v) is 2.24. The van der Waals surface area contributed by atoms with E-state index in [1.165, 1.54) is 19.0 Å². The van der Waals surface area contributed by atoms with Crippen LogP contribution in [0.25, 0.3) is 0 Å². The first-order chi connectivity index (χ1) is 11.7. The largest absolute Gasteiger partial charge is 0.496 e. The molecule has 0 aliphatic heterocycles. The summed E-state index contributed by atoms with van der Waals surface area (Å²) in [6.07, 6.45) is 6.53. The van der Waals surface area contributed by atoms with Gasteiger partial charge in [0.2, 0.25) is 0 Å². The summed E-state index contributed by atoms with van der Waals surface area (Å²) in [5.41, 5.74) is 1.21. The first-order valence-corrected chi connectivity index (χ1v) is 8.20. The predicted molar refractivity (Wildman–Crippen MR) is 94.2 cm³/mol. The molecule has 2 rings (SSSR count). The molecule has 0 saturated carbocycles. The summed E-state index contributed by atoms with van der Waals surface area (Å²) < 4.78 is 5.27. The summed E-state index contributed by atoms with van der Waals surface area (Å²) in [7, 11) is 1.61. The van der Waals surface area contributed by atoms with Crippen LogP contribution >= 0.6 is 0 Å². The van der Waals surface area contributed by atoms with Gasteiger partial charge in [-0.3, -0.25) is 4.79 Å². The number of ether oxygens (including phenoxy) is 1. The maximum Gasteiger partial charge on any atom is 0.271 e. The number of unbranched alkanes of at least 4 members (excludes halogenated alkanes) is 2. The first kappa shape index (κ1) is 17.7. The van der Waals surface area contributed by atoms with Gasteiger partial charge in [-0.05, 0) is 12.5 Å². The zero-order valence-corrected chi connectivity index (χ0v) is 14.2. The lowest BCUT2D eigenvalue weighted by Crippen LogP contribution is -2.24. The van der Waals surface area contributed by atoms with Crippen LogP contribution < -0.4 is 15.4 Å². The molecule has 1 heterocycles. The Labute approximate surface area is 142 Å². The molecule has 0 radical (unpaired) electrons. The number of nitrogens with one attached hydrogen (secondary N) is 2. The van der Waals surface area contributed by atoms with Gasteiger partial charge in [-0.1, -0.05) is 38.0 Å². The highest BCUT2D eigenvalue weighted by Crippen LogP contribution is 2.16. The van der Waals surface area contributed by atoms with Crippen LogP contribution in [-0.4, -0.2) is 29.5 Å². The van der Waals surface area contributed by atoms with E-state index in [-0.39, 0.29) is 5.91 Å². The molecular formula is C18H24N4O2. The third-order valence-corrected chi connectivity index (χ3v) is 3.60. The second kappa shape index (κ2) is 9.50. The molecule has 6 nitrogen and oxygen atoms in total. The molecule has 6 heteroatoms. The fraction of sp³-hybridized carbons (Fsp3) is 0.389. The number of hydrogen-bond acceptors (Lipinski definition) is 5. The number of anilines is 1. The smallest absolute Gasteiger partial charge is 0.271 e. The Morgan fingerprint density at radius 3 is 2.71 bits per heavy atom. The van der Waals surface area contributed by atoms with Crippen molar-refractivity contribution in [2.45, 2.75) is 32.7 Å². The summed E-state index contributed by atoms with van der Waals surface area (Å²) >= 11 is 0. The highest BCUT2D eigenvalue weighted by molar-refractivity contribution is 5.92. The van der Waals surface area contributed by atoms with Crippen LogP contribution in [0, 0.1) is 0 Å². The number of nitrogens with zero attached hydrogens (tertiary/aromatic N) is 2. The summed E-state index contributed by atoms with van der Waals surface area (Å²) in [4.78, 5) is 20.5. The molecule has 1 aromatic carbocycles. The second-order valence-electron chi connectivity index (χ2n) is 5.42. The molecule has 0 unspecified atom stereocenters. The van der Waals surface area contributed by atoms with E-state index in [1.54, 1.807) is 13.3 Å². The zero-order chi connectivity index (χ0) is 17.2. The van der Waals surface area contributed by atoms with Crippen LogP contribution in [0.4, 0.5) is 5.82 Å². The Morgan fingerprint density at radius 1 is 1.17 bits per heavy atom. The van der Waals surface area contributed by atoms with Crippen molar-refractivity contribution in [3.05, 3.63) is 47.9 Å². The monoisotopic (exact) mass is 328 g/mol. The van der Waals surface area contributed by atoms with Crippen LogP contribution in [-0.2, 0) is 6.54 Å². The van der Waals surface area contributed by atoms with Crippen molar-refractivity contribution in [1.82, 2.24) is 15.3 Å². The van der Waals surface area contributed by atoms with Gasteiger partial charge < -0.3 is 15.4 Å². The Hall–Kier alpha value is -2.63. The predicted octanol–water partition coefficient (Wildman–Crippen LogP) is 3.02. The van der Waals surface area contributed by atoms with Gasteiger partial charge in [0, 0.05) is 18.7 Å². The third-order valence-electron chi connectivity index (χ3n) is 3.60. The zero-order valence-electron chi connectivity index (χ0n) is 14.2. The van der Waals surface area contributed by atoms with Crippen molar-refractivity contribution >= 4 is 11.7 Å². The van der Waals surface area contributed by atoms with E-state index in [1.807, 2.05) is 24.3 Å². The van der Waals surface area contributed by atoms with Gasteiger partial charge in [-0.25, -0.2) is 9.97 Å². The Morgan fingerprint density at radius 2 is 2.00 bits per heavy atom. The second-order valence-corrected chi connectivity index (χ2v) is 5.42. The number of carbonyl (C=O) groups is 1. The number of para-hydroxylation sites is 1. The maximum absolute atomic E-state index is 12.2. The third kappa shape index (κ3) is 5.22. The minimum atomic E-state index is -0.258. The molecule has 0 atom stereocenters. The molecule has 0 saturated heterocycles. The van der Waals surface area contributed by atoms with Crippen molar-refractivity contribution in [2.24, 2.45) is 0 Å². The number of carbonyl (C=O) groups excluding carboxylic acids is 1. The Balaban J connectivity index is 1.86. The van der Waals surface area contributed by atoms with Gasteiger partial charge in [-0.2, -0.15) is 0 Å².